The monoisotopic (exact) mass is 297 g/mol. The molecule has 2 rings (SSSR count). The first-order valence-corrected chi connectivity index (χ1v) is 8.02. The van der Waals surface area contributed by atoms with Crippen LogP contribution in [0, 0.1) is 0 Å². The summed E-state index contributed by atoms with van der Waals surface area (Å²) >= 11 is 9.60. The Morgan fingerprint density at radius 3 is 2.89 bits per heavy atom. The minimum atomic E-state index is 0.217. The molecule has 0 saturated heterocycles. The molecule has 2 aromatic rings. The van der Waals surface area contributed by atoms with Gasteiger partial charge in [0.2, 0.25) is 0 Å². The van der Waals surface area contributed by atoms with E-state index in [0.29, 0.717) is 0 Å². The summed E-state index contributed by atoms with van der Waals surface area (Å²) in [7, 11) is 0. The van der Waals surface area contributed by atoms with Gasteiger partial charge in [0.25, 0.3) is 0 Å². The zero-order valence-corrected chi connectivity index (χ0v) is 12.6. The number of halogens is 1. The minimum absolute atomic E-state index is 0.217. The lowest BCUT2D eigenvalue weighted by Crippen LogP contribution is -2.21. The minimum Gasteiger partial charge on any atom is -0.327 e. The van der Waals surface area contributed by atoms with Crippen molar-refractivity contribution in [1.82, 2.24) is 0 Å². The van der Waals surface area contributed by atoms with E-state index in [2.05, 4.69) is 30.5 Å². The molecule has 1 aromatic carbocycles. The largest absolute Gasteiger partial charge is 0.327 e. The number of rotatable bonds is 5. The Kier molecular flexibility index (Phi) is 5.13. The Hall–Kier alpha value is -0.480. The molecule has 0 aliphatic carbocycles. The third kappa shape index (κ3) is 3.75. The van der Waals surface area contributed by atoms with Crippen molar-refractivity contribution in [1.29, 1.82) is 0 Å². The second kappa shape index (κ2) is 6.62. The molecular formula is C14H16ClNS2. The average Bonchev–Trinajstić information content (AvgIpc) is 2.85. The summed E-state index contributed by atoms with van der Waals surface area (Å²) in [6, 6.07) is 10.5. The number of hydrogen-bond acceptors (Lipinski definition) is 3. The average molecular weight is 298 g/mol. The van der Waals surface area contributed by atoms with Crippen molar-refractivity contribution < 1.29 is 0 Å². The lowest BCUT2D eigenvalue weighted by molar-refractivity contribution is 0.641. The standard InChI is InChI=1S/C14H16ClNS2/c1-2-12(16)8-10-5-6-11(15)9-13(10)18-14-4-3-7-17-14/h3-7,9,12H,2,8,16H2,1H3. The smallest absolute Gasteiger partial charge is 0.0646 e. The van der Waals surface area contributed by atoms with E-state index in [1.165, 1.54) is 14.7 Å². The fourth-order valence-corrected chi connectivity index (χ4v) is 3.79. The number of benzene rings is 1. The summed E-state index contributed by atoms with van der Waals surface area (Å²) in [6.07, 6.45) is 1.90. The van der Waals surface area contributed by atoms with Gasteiger partial charge < -0.3 is 5.73 Å². The van der Waals surface area contributed by atoms with Crippen LogP contribution in [-0.4, -0.2) is 6.04 Å². The molecule has 4 heteroatoms. The van der Waals surface area contributed by atoms with Crippen LogP contribution in [0.4, 0.5) is 0 Å². The molecule has 1 aromatic heterocycles. The normalized spacial score (nSPS) is 12.6. The Balaban J connectivity index is 2.23. The molecule has 0 saturated carbocycles. The number of thiophene rings is 1. The van der Waals surface area contributed by atoms with Gasteiger partial charge in [0.05, 0.1) is 4.21 Å². The topological polar surface area (TPSA) is 26.0 Å². The predicted molar refractivity (Wildman–Crippen MR) is 81.9 cm³/mol. The molecule has 1 atom stereocenters. The highest BCUT2D eigenvalue weighted by molar-refractivity contribution is 8.01. The first-order chi connectivity index (χ1) is 8.69. The third-order valence-corrected chi connectivity index (χ3v) is 5.11. The van der Waals surface area contributed by atoms with Crippen LogP contribution in [0.2, 0.25) is 5.02 Å². The van der Waals surface area contributed by atoms with Gasteiger partial charge >= 0.3 is 0 Å². The Labute approximate surface area is 121 Å². The van der Waals surface area contributed by atoms with Gasteiger partial charge in [-0.2, -0.15) is 0 Å². The Morgan fingerprint density at radius 2 is 2.22 bits per heavy atom. The van der Waals surface area contributed by atoms with E-state index in [-0.39, 0.29) is 6.04 Å². The first kappa shape index (κ1) is 13.9. The Morgan fingerprint density at radius 1 is 1.39 bits per heavy atom. The highest BCUT2D eigenvalue weighted by Gasteiger charge is 2.09. The maximum absolute atomic E-state index is 6.09. The van der Waals surface area contributed by atoms with Gasteiger partial charge in [0.1, 0.15) is 0 Å². The van der Waals surface area contributed by atoms with Crippen LogP contribution in [-0.2, 0) is 6.42 Å². The van der Waals surface area contributed by atoms with E-state index in [0.717, 1.165) is 17.9 Å². The van der Waals surface area contributed by atoms with Crippen LogP contribution < -0.4 is 5.73 Å². The van der Waals surface area contributed by atoms with Crippen LogP contribution in [0.15, 0.2) is 44.8 Å². The van der Waals surface area contributed by atoms with Crippen molar-refractivity contribution in [3.05, 3.63) is 46.3 Å². The van der Waals surface area contributed by atoms with Crippen molar-refractivity contribution in [2.45, 2.75) is 34.9 Å². The zero-order chi connectivity index (χ0) is 13.0. The van der Waals surface area contributed by atoms with Crippen molar-refractivity contribution in [3.63, 3.8) is 0 Å². The molecule has 0 aliphatic rings. The van der Waals surface area contributed by atoms with Crippen molar-refractivity contribution in [2.75, 3.05) is 0 Å². The van der Waals surface area contributed by atoms with Crippen molar-refractivity contribution in [2.24, 2.45) is 5.73 Å². The lowest BCUT2D eigenvalue weighted by atomic mass is 10.1. The summed E-state index contributed by atoms with van der Waals surface area (Å²) in [4.78, 5) is 1.22. The quantitative estimate of drug-likeness (QED) is 0.855. The molecule has 0 radical (unpaired) electrons. The van der Waals surface area contributed by atoms with Gasteiger partial charge in [0, 0.05) is 16.0 Å². The van der Waals surface area contributed by atoms with Gasteiger partial charge in [-0.3, -0.25) is 0 Å². The van der Waals surface area contributed by atoms with Crippen molar-refractivity contribution in [3.8, 4) is 0 Å². The van der Waals surface area contributed by atoms with E-state index < -0.39 is 0 Å². The molecule has 96 valence electrons. The molecule has 1 heterocycles. The van der Waals surface area contributed by atoms with Crippen LogP contribution in [0.25, 0.3) is 0 Å². The number of nitrogens with two attached hydrogens (primary N) is 1. The van der Waals surface area contributed by atoms with E-state index in [9.17, 15) is 0 Å². The van der Waals surface area contributed by atoms with Gasteiger partial charge in [-0.15, -0.1) is 11.3 Å². The molecule has 0 aliphatic heterocycles. The summed E-state index contributed by atoms with van der Waals surface area (Å²) in [5.41, 5.74) is 7.33. The second-order valence-electron chi connectivity index (χ2n) is 4.16. The molecule has 0 bridgehead atoms. The van der Waals surface area contributed by atoms with Crippen molar-refractivity contribution >= 4 is 34.7 Å². The second-order valence-corrected chi connectivity index (χ2v) is 6.88. The molecule has 0 spiro atoms. The van der Waals surface area contributed by atoms with Gasteiger partial charge in [0.15, 0.2) is 0 Å². The van der Waals surface area contributed by atoms with Crippen LogP contribution in [0.1, 0.15) is 18.9 Å². The zero-order valence-electron chi connectivity index (χ0n) is 10.2. The van der Waals surface area contributed by atoms with Crippen LogP contribution in [0.5, 0.6) is 0 Å². The molecule has 0 amide bonds. The van der Waals surface area contributed by atoms with Gasteiger partial charge in [-0.1, -0.05) is 42.4 Å². The summed E-state index contributed by atoms with van der Waals surface area (Å²) in [5, 5.41) is 2.87. The van der Waals surface area contributed by atoms with E-state index in [4.69, 9.17) is 17.3 Å². The molecule has 1 unspecified atom stereocenters. The fraction of sp³-hybridized carbons (Fsp3) is 0.286. The third-order valence-electron chi connectivity index (χ3n) is 2.74. The van der Waals surface area contributed by atoms with Gasteiger partial charge in [-0.05, 0) is 42.0 Å². The Bertz CT molecular complexity index is 497. The van der Waals surface area contributed by atoms with Gasteiger partial charge in [-0.25, -0.2) is 0 Å². The maximum Gasteiger partial charge on any atom is 0.0646 e. The summed E-state index contributed by atoms with van der Waals surface area (Å²) in [6.45, 7) is 2.12. The van der Waals surface area contributed by atoms with E-state index in [1.54, 1.807) is 23.1 Å². The molecular weight excluding hydrogens is 282 g/mol. The van der Waals surface area contributed by atoms with E-state index in [1.807, 2.05) is 12.1 Å². The maximum atomic E-state index is 6.09. The molecule has 0 fully saturated rings. The van der Waals surface area contributed by atoms with Crippen LogP contribution >= 0.6 is 34.7 Å². The summed E-state index contributed by atoms with van der Waals surface area (Å²) < 4.78 is 1.28. The highest BCUT2D eigenvalue weighted by atomic mass is 35.5. The first-order valence-electron chi connectivity index (χ1n) is 5.94. The molecule has 1 nitrogen and oxygen atoms in total. The number of hydrogen-bond donors (Lipinski definition) is 1. The fourth-order valence-electron chi connectivity index (χ4n) is 1.65. The SMILES string of the molecule is CCC(N)Cc1ccc(Cl)cc1Sc1cccs1. The lowest BCUT2D eigenvalue weighted by Gasteiger charge is -2.13. The van der Waals surface area contributed by atoms with E-state index >= 15 is 0 Å². The summed E-state index contributed by atoms with van der Waals surface area (Å²) in [5.74, 6) is 0. The molecule has 2 N–H and O–H groups in total. The highest BCUT2D eigenvalue weighted by Crippen LogP contribution is 2.35. The van der Waals surface area contributed by atoms with Crippen LogP contribution in [0.3, 0.4) is 0 Å². The predicted octanol–water partition coefficient (Wildman–Crippen LogP) is 4.83. The molecule has 18 heavy (non-hydrogen) atoms.